The number of aromatic nitrogens is 1. The van der Waals surface area contributed by atoms with Crippen LogP contribution in [0.4, 0.5) is 0 Å². The summed E-state index contributed by atoms with van der Waals surface area (Å²) in [5.41, 5.74) is 1.22. The minimum atomic E-state index is 0.541. The molecule has 6 heteroatoms. The number of benzene rings is 1. The van der Waals surface area contributed by atoms with E-state index in [4.69, 9.17) is 9.47 Å². The van der Waals surface area contributed by atoms with E-state index < -0.39 is 0 Å². The second-order valence-electron chi connectivity index (χ2n) is 6.61. The van der Waals surface area contributed by atoms with E-state index in [9.17, 15) is 0 Å². The van der Waals surface area contributed by atoms with Crippen LogP contribution >= 0.6 is 0 Å². The Balaban J connectivity index is 1.33. The van der Waals surface area contributed by atoms with E-state index in [-0.39, 0.29) is 0 Å². The lowest BCUT2D eigenvalue weighted by atomic mass is 10.1. The van der Waals surface area contributed by atoms with Gasteiger partial charge in [0.2, 0.25) is 0 Å². The Labute approximate surface area is 161 Å². The van der Waals surface area contributed by atoms with E-state index in [2.05, 4.69) is 32.3 Å². The van der Waals surface area contributed by atoms with Gasteiger partial charge in [-0.3, -0.25) is 9.98 Å². The fourth-order valence-corrected chi connectivity index (χ4v) is 3.18. The number of hydrogen-bond acceptors (Lipinski definition) is 4. The predicted octanol–water partition coefficient (Wildman–Crippen LogP) is 2.57. The largest absolute Gasteiger partial charge is 0.490 e. The van der Waals surface area contributed by atoms with Crippen LogP contribution in [-0.2, 0) is 11.3 Å². The van der Waals surface area contributed by atoms with Crippen molar-refractivity contribution in [2.24, 2.45) is 10.9 Å². The van der Waals surface area contributed by atoms with Crippen LogP contribution in [0, 0.1) is 5.92 Å². The number of nitrogens with one attached hydrogen (secondary N) is 1. The average Bonchev–Trinajstić information content (AvgIpc) is 3.18. The van der Waals surface area contributed by atoms with Crippen LogP contribution in [0.3, 0.4) is 0 Å². The molecule has 2 aromatic rings. The van der Waals surface area contributed by atoms with E-state index in [1.54, 1.807) is 12.4 Å². The molecule has 1 atom stereocenters. The smallest absolute Gasteiger partial charge is 0.193 e. The van der Waals surface area contributed by atoms with Crippen LogP contribution in [-0.4, -0.2) is 55.7 Å². The molecule has 2 heterocycles. The third-order valence-electron chi connectivity index (χ3n) is 4.55. The average molecular weight is 368 g/mol. The number of likely N-dealkylation sites (tertiary alicyclic amines) is 1. The summed E-state index contributed by atoms with van der Waals surface area (Å²) in [5.74, 6) is 2.25. The number of ether oxygens (including phenoxy) is 2. The van der Waals surface area contributed by atoms with Gasteiger partial charge in [-0.1, -0.05) is 30.3 Å². The maximum atomic E-state index is 5.90. The molecule has 1 fully saturated rings. The lowest BCUT2D eigenvalue weighted by Gasteiger charge is -2.21. The minimum Gasteiger partial charge on any atom is -0.490 e. The molecule has 1 unspecified atom stereocenters. The molecular weight excluding hydrogens is 340 g/mol. The number of aliphatic imine (C=N–C) groups is 1. The molecule has 27 heavy (non-hydrogen) atoms. The van der Waals surface area contributed by atoms with Crippen molar-refractivity contribution in [1.29, 1.82) is 0 Å². The van der Waals surface area contributed by atoms with E-state index in [1.807, 2.05) is 37.4 Å². The standard InChI is InChI=1S/C21H28N4O2/c1-22-21(24-11-13-27-20-8-5-10-23-14-20)25-12-9-19(15-25)17-26-16-18-6-3-2-4-7-18/h2-8,10,14,19H,9,11-13,15-17H2,1H3,(H,22,24). The van der Waals surface area contributed by atoms with Crippen LogP contribution in [0.25, 0.3) is 0 Å². The molecule has 0 radical (unpaired) electrons. The zero-order valence-corrected chi connectivity index (χ0v) is 15.9. The van der Waals surface area contributed by atoms with Crippen molar-refractivity contribution in [2.75, 3.05) is 39.9 Å². The van der Waals surface area contributed by atoms with Crippen molar-refractivity contribution >= 4 is 5.96 Å². The Hall–Kier alpha value is -2.60. The summed E-state index contributed by atoms with van der Waals surface area (Å²) in [6, 6.07) is 14.1. The second kappa shape index (κ2) is 10.5. The van der Waals surface area contributed by atoms with Gasteiger partial charge in [-0.2, -0.15) is 0 Å². The Morgan fingerprint density at radius 3 is 2.93 bits per heavy atom. The predicted molar refractivity (Wildman–Crippen MR) is 107 cm³/mol. The number of hydrogen-bond donors (Lipinski definition) is 1. The minimum absolute atomic E-state index is 0.541. The van der Waals surface area contributed by atoms with Crippen LogP contribution in [0.1, 0.15) is 12.0 Å². The molecule has 0 saturated carbocycles. The van der Waals surface area contributed by atoms with Crippen molar-refractivity contribution in [3.05, 3.63) is 60.4 Å². The van der Waals surface area contributed by atoms with Crippen molar-refractivity contribution in [3.63, 3.8) is 0 Å². The summed E-state index contributed by atoms with van der Waals surface area (Å²) < 4.78 is 11.6. The molecule has 1 saturated heterocycles. The van der Waals surface area contributed by atoms with Gasteiger partial charge in [0.1, 0.15) is 12.4 Å². The molecular formula is C21H28N4O2. The van der Waals surface area contributed by atoms with Gasteiger partial charge in [0, 0.05) is 32.3 Å². The molecule has 6 nitrogen and oxygen atoms in total. The third-order valence-corrected chi connectivity index (χ3v) is 4.55. The first-order valence-electron chi connectivity index (χ1n) is 9.45. The van der Waals surface area contributed by atoms with Gasteiger partial charge < -0.3 is 19.7 Å². The molecule has 0 spiro atoms. The van der Waals surface area contributed by atoms with Crippen LogP contribution in [0.15, 0.2) is 59.9 Å². The molecule has 0 amide bonds. The highest BCUT2D eigenvalue weighted by atomic mass is 16.5. The number of nitrogens with zero attached hydrogens (tertiary/aromatic N) is 3. The molecule has 3 rings (SSSR count). The summed E-state index contributed by atoms with van der Waals surface area (Å²) in [4.78, 5) is 10.7. The van der Waals surface area contributed by atoms with Gasteiger partial charge in [0.05, 0.1) is 26.0 Å². The van der Waals surface area contributed by atoms with E-state index in [1.165, 1.54) is 5.56 Å². The van der Waals surface area contributed by atoms with E-state index in [0.29, 0.717) is 25.7 Å². The molecule has 1 aliphatic rings. The van der Waals surface area contributed by atoms with Crippen molar-refractivity contribution < 1.29 is 9.47 Å². The maximum Gasteiger partial charge on any atom is 0.193 e. The van der Waals surface area contributed by atoms with Gasteiger partial charge in [-0.25, -0.2) is 0 Å². The fourth-order valence-electron chi connectivity index (χ4n) is 3.18. The maximum absolute atomic E-state index is 5.90. The van der Waals surface area contributed by atoms with Crippen molar-refractivity contribution in [3.8, 4) is 5.75 Å². The Bertz CT molecular complexity index is 694. The van der Waals surface area contributed by atoms with Gasteiger partial charge in [-0.05, 0) is 24.1 Å². The van der Waals surface area contributed by atoms with E-state index >= 15 is 0 Å². The summed E-state index contributed by atoms with van der Waals surface area (Å²) in [6.07, 6.45) is 4.58. The number of rotatable bonds is 8. The van der Waals surface area contributed by atoms with Crippen molar-refractivity contribution in [2.45, 2.75) is 13.0 Å². The highest BCUT2D eigenvalue weighted by Gasteiger charge is 2.24. The molecule has 1 aromatic carbocycles. The van der Waals surface area contributed by atoms with Crippen LogP contribution in [0.2, 0.25) is 0 Å². The van der Waals surface area contributed by atoms with Crippen LogP contribution in [0.5, 0.6) is 5.75 Å². The monoisotopic (exact) mass is 368 g/mol. The van der Waals surface area contributed by atoms with Gasteiger partial charge in [0.15, 0.2) is 5.96 Å². The topological polar surface area (TPSA) is 59.0 Å². The van der Waals surface area contributed by atoms with E-state index in [0.717, 1.165) is 37.8 Å². The molecule has 1 N–H and O–H groups in total. The molecule has 0 bridgehead atoms. The summed E-state index contributed by atoms with van der Waals surface area (Å²) in [5, 5.41) is 3.37. The Morgan fingerprint density at radius 2 is 2.15 bits per heavy atom. The molecule has 0 aliphatic carbocycles. The number of pyridine rings is 1. The first-order valence-corrected chi connectivity index (χ1v) is 9.45. The quantitative estimate of drug-likeness (QED) is 0.441. The summed E-state index contributed by atoms with van der Waals surface area (Å²) >= 11 is 0. The molecule has 1 aromatic heterocycles. The van der Waals surface area contributed by atoms with Gasteiger partial charge >= 0.3 is 0 Å². The first kappa shape index (κ1) is 19.2. The second-order valence-corrected chi connectivity index (χ2v) is 6.61. The normalized spacial score (nSPS) is 17.1. The zero-order chi connectivity index (χ0) is 18.7. The van der Waals surface area contributed by atoms with Gasteiger partial charge in [0.25, 0.3) is 0 Å². The number of guanidine groups is 1. The summed E-state index contributed by atoms with van der Waals surface area (Å²) in [6.45, 7) is 4.71. The Morgan fingerprint density at radius 1 is 1.26 bits per heavy atom. The SMILES string of the molecule is CN=C(NCCOc1cccnc1)N1CCC(COCc2ccccc2)C1. The summed E-state index contributed by atoms with van der Waals surface area (Å²) in [7, 11) is 1.82. The lowest BCUT2D eigenvalue weighted by Crippen LogP contribution is -2.41. The van der Waals surface area contributed by atoms with Crippen molar-refractivity contribution in [1.82, 2.24) is 15.2 Å². The lowest BCUT2D eigenvalue weighted by molar-refractivity contribution is 0.0906. The zero-order valence-electron chi connectivity index (χ0n) is 15.9. The highest BCUT2D eigenvalue weighted by Crippen LogP contribution is 2.17. The first-order chi connectivity index (χ1) is 13.3. The highest BCUT2D eigenvalue weighted by molar-refractivity contribution is 5.80. The Kier molecular flexibility index (Phi) is 7.47. The third kappa shape index (κ3) is 6.25. The molecule has 1 aliphatic heterocycles. The van der Waals surface area contributed by atoms with Gasteiger partial charge in [-0.15, -0.1) is 0 Å². The van der Waals surface area contributed by atoms with Crippen LogP contribution < -0.4 is 10.1 Å². The molecule has 144 valence electrons. The fraction of sp³-hybridized carbons (Fsp3) is 0.429.